The molecule has 2 aromatic rings. The van der Waals surface area contributed by atoms with Crippen LogP contribution in [0.5, 0.6) is 5.75 Å². The molecule has 1 fully saturated rings. The predicted octanol–water partition coefficient (Wildman–Crippen LogP) is 3.33. The number of amides is 2. The first-order chi connectivity index (χ1) is 12.6. The molecule has 0 spiro atoms. The highest BCUT2D eigenvalue weighted by molar-refractivity contribution is 6.02. The van der Waals surface area contributed by atoms with Crippen LogP contribution >= 0.6 is 0 Å². The van der Waals surface area contributed by atoms with Crippen molar-refractivity contribution in [2.45, 2.75) is 12.8 Å². The number of hydrogen-bond acceptors (Lipinski definition) is 7. The van der Waals surface area contributed by atoms with Crippen LogP contribution in [-0.2, 0) is 14.4 Å². The maximum Gasteiger partial charge on any atom is 0.363 e. The van der Waals surface area contributed by atoms with E-state index >= 15 is 0 Å². The molecule has 26 heavy (non-hydrogen) atoms. The topological polar surface area (TPSA) is 97.6 Å². The van der Waals surface area contributed by atoms with Crippen LogP contribution in [0.4, 0.5) is 11.4 Å². The van der Waals surface area contributed by atoms with Crippen LogP contribution in [0.2, 0.25) is 0 Å². The summed E-state index contributed by atoms with van der Waals surface area (Å²) in [6, 6.07) is 13.2. The van der Waals surface area contributed by atoms with Crippen molar-refractivity contribution in [1.82, 2.24) is 5.06 Å². The van der Waals surface area contributed by atoms with E-state index in [0.717, 1.165) is 5.75 Å². The number of benzene rings is 2. The van der Waals surface area contributed by atoms with Gasteiger partial charge in [-0.3, -0.25) is 9.59 Å². The van der Waals surface area contributed by atoms with Gasteiger partial charge in [0.2, 0.25) is 0 Å². The van der Waals surface area contributed by atoms with Gasteiger partial charge in [-0.2, -0.15) is 10.2 Å². The molecule has 0 N–H and O–H groups in total. The van der Waals surface area contributed by atoms with E-state index in [4.69, 9.17) is 9.57 Å². The van der Waals surface area contributed by atoms with Gasteiger partial charge in [0, 0.05) is 12.8 Å². The first-order valence-corrected chi connectivity index (χ1v) is 7.81. The molecular formula is C18H15N3O5. The van der Waals surface area contributed by atoms with Gasteiger partial charge < -0.3 is 9.57 Å². The third-order valence-electron chi connectivity index (χ3n) is 3.64. The Morgan fingerprint density at radius 2 is 1.38 bits per heavy atom. The molecule has 0 unspecified atom stereocenters. The molecule has 2 amide bonds. The van der Waals surface area contributed by atoms with E-state index in [1.165, 1.54) is 12.1 Å². The molecule has 0 bridgehead atoms. The van der Waals surface area contributed by atoms with Crippen LogP contribution in [0.1, 0.15) is 23.2 Å². The Balaban J connectivity index is 1.64. The fourth-order valence-corrected chi connectivity index (χ4v) is 2.22. The molecular weight excluding hydrogens is 338 g/mol. The summed E-state index contributed by atoms with van der Waals surface area (Å²) in [6.07, 6.45) is 0.105. The van der Waals surface area contributed by atoms with E-state index < -0.39 is 17.8 Å². The van der Waals surface area contributed by atoms with E-state index in [1.54, 1.807) is 43.5 Å². The minimum atomic E-state index is -0.785. The van der Waals surface area contributed by atoms with Crippen LogP contribution in [0.3, 0.4) is 0 Å². The lowest BCUT2D eigenvalue weighted by Gasteiger charge is -2.12. The lowest BCUT2D eigenvalue weighted by molar-refractivity contribution is -0.172. The standard InChI is InChI=1S/C18H15N3O5/c1-25-15-8-6-14(7-9-15)20-19-13-4-2-12(3-5-13)18(24)26-21-16(22)10-11-17(21)23/h2-9H,10-11H2,1H3. The Kier molecular flexibility index (Phi) is 5.02. The average Bonchev–Trinajstić information content (AvgIpc) is 2.99. The average molecular weight is 353 g/mol. The van der Waals surface area contributed by atoms with Gasteiger partial charge in [0.15, 0.2) is 0 Å². The smallest absolute Gasteiger partial charge is 0.363 e. The number of rotatable bonds is 5. The molecule has 3 rings (SSSR count). The minimum absolute atomic E-state index is 0.0524. The van der Waals surface area contributed by atoms with Gasteiger partial charge in [0.1, 0.15) is 5.75 Å². The number of nitrogens with zero attached hydrogens (tertiary/aromatic N) is 3. The SMILES string of the molecule is COc1ccc(N=Nc2ccc(C(=O)ON3C(=O)CCC3=O)cc2)cc1. The molecule has 0 saturated carbocycles. The lowest BCUT2D eigenvalue weighted by Crippen LogP contribution is -2.32. The predicted molar refractivity (Wildman–Crippen MR) is 90.1 cm³/mol. The molecule has 0 radical (unpaired) electrons. The Hall–Kier alpha value is -3.55. The zero-order chi connectivity index (χ0) is 18.5. The number of ether oxygens (including phenoxy) is 1. The van der Waals surface area contributed by atoms with Gasteiger partial charge >= 0.3 is 5.97 Å². The van der Waals surface area contributed by atoms with Gasteiger partial charge in [-0.25, -0.2) is 4.79 Å². The number of carbonyl (C=O) groups is 3. The monoisotopic (exact) mass is 353 g/mol. The van der Waals surface area contributed by atoms with Crippen molar-refractivity contribution in [3.05, 3.63) is 54.1 Å². The summed E-state index contributed by atoms with van der Waals surface area (Å²) in [4.78, 5) is 39.8. The molecule has 1 aliphatic heterocycles. The largest absolute Gasteiger partial charge is 0.497 e. The second-order valence-corrected chi connectivity index (χ2v) is 5.41. The number of carbonyl (C=O) groups excluding carboxylic acids is 3. The van der Waals surface area contributed by atoms with E-state index in [-0.39, 0.29) is 18.4 Å². The van der Waals surface area contributed by atoms with Gasteiger partial charge in [-0.05, 0) is 48.5 Å². The lowest BCUT2D eigenvalue weighted by atomic mass is 10.2. The Bertz CT molecular complexity index is 843. The minimum Gasteiger partial charge on any atom is -0.497 e. The van der Waals surface area contributed by atoms with Crippen molar-refractivity contribution in [3.63, 3.8) is 0 Å². The number of methoxy groups -OCH3 is 1. The quantitative estimate of drug-likeness (QED) is 0.606. The molecule has 8 heteroatoms. The Labute approximate surface area is 149 Å². The van der Waals surface area contributed by atoms with Crippen molar-refractivity contribution < 1.29 is 24.0 Å². The Morgan fingerprint density at radius 3 is 1.88 bits per heavy atom. The van der Waals surface area contributed by atoms with E-state index in [2.05, 4.69) is 10.2 Å². The van der Waals surface area contributed by atoms with Crippen LogP contribution in [0.15, 0.2) is 58.8 Å². The molecule has 1 heterocycles. The fourth-order valence-electron chi connectivity index (χ4n) is 2.22. The van der Waals surface area contributed by atoms with E-state index in [9.17, 15) is 14.4 Å². The van der Waals surface area contributed by atoms with E-state index in [0.29, 0.717) is 16.4 Å². The van der Waals surface area contributed by atoms with Crippen LogP contribution < -0.4 is 4.74 Å². The molecule has 0 atom stereocenters. The fraction of sp³-hybridized carbons (Fsp3) is 0.167. The second kappa shape index (κ2) is 7.56. The third-order valence-corrected chi connectivity index (χ3v) is 3.64. The maximum absolute atomic E-state index is 12.0. The number of imide groups is 1. The first-order valence-electron chi connectivity index (χ1n) is 7.81. The van der Waals surface area contributed by atoms with Crippen molar-refractivity contribution in [2.24, 2.45) is 10.2 Å². The summed E-state index contributed by atoms with van der Waals surface area (Å²) in [6.45, 7) is 0. The van der Waals surface area contributed by atoms with Gasteiger partial charge in [0.25, 0.3) is 11.8 Å². The van der Waals surface area contributed by atoms with Crippen molar-refractivity contribution in [2.75, 3.05) is 7.11 Å². The summed E-state index contributed by atoms with van der Waals surface area (Å²) in [5.41, 5.74) is 1.38. The summed E-state index contributed by atoms with van der Waals surface area (Å²) in [7, 11) is 1.58. The Morgan fingerprint density at radius 1 is 0.885 bits per heavy atom. The summed E-state index contributed by atoms with van der Waals surface area (Å²) >= 11 is 0. The summed E-state index contributed by atoms with van der Waals surface area (Å²) in [5, 5.41) is 8.67. The van der Waals surface area contributed by atoms with Crippen molar-refractivity contribution in [1.29, 1.82) is 0 Å². The van der Waals surface area contributed by atoms with Crippen LogP contribution in [0, 0.1) is 0 Å². The molecule has 132 valence electrons. The number of hydroxylamine groups is 2. The number of hydrogen-bond donors (Lipinski definition) is 0. The first kappa shape index (κ1) is 17.3. The van der Waals surface area contributed by atoms with Crippen molar-refractivity contribution >= 4 is 29.2 Å². The molecule has 2 aromatic carbocycles. The summed E-state index contributed by atoms with van der Waals surface area (Å²) < 4.78 is 5.07. The maximum atomic E-state index is 12.0. The van der Waals surface area contributed by atoms with Gasteiger partial charge in [-0.15, -0.1) is 5.06 Å². The molecule has 1 aliphatic rings. The summed E-state index contributed by atoms with van der Waals surface area (Å²) in [5.74, 6) is -1.10. The number of azo groups is 1. The van der Waals surface area contributed by atoms with Gasteiger partial charge in [-0.1, -0.05) is 0 Å². The zero-order valence-corrected chi connectivity index (χ0v) is 13.9. The van der Waals surface area contributed by atoms with E-state index in [1.807, 2.05) is 0 Å². The second-order valence-electron chi connectivity index (χ2n) is 5.41. The molecule has 8 nitrogen and oxygen atoms in total. The highest BCUT2D eigenvalue weighted by Crippen LogP contribution is 2.22. The van der Waals surface area contributed by atoms with Crippen LogP contribution in [-0.4, -0.2) is 30.0 Å². The highest BCUT2D eigenvalue weighted by atomic mass is 16.7. The normalized spacial score (nSPS) is 14.1. The van der Waals surface area contributed by atoms with Crippen LogP contribution in [0.25, 0.3) is 0 Å². The highest BCUT2D eigenvalue weighted by Gasteiger charge is 2.33. The van der Waals surface area contributed by atoms with Gasteiger partial charge in [0.05, 0.1) is 24.0 Å². The third kappa shape index (κ3) is 3.92. The molecule has 0 aliphatic carbocycles. The molecule has 0 aromatic heterocycles. The zero-order valence-electron chi connectivity index (χ0n) is 13.9. The van der Waals surface area contributed by atoms with Crippen molar-refractivity contribution in [3.8, 4) is 5.75 Å². The molecule has 1 saturated heterocycles.